The number of nitrogens with zero attached hydrogens (tertiary/aromatic N) is 1. The van der Waals surface area contributed by atoms with E-state index in [1.165, 1.54) is 10.6 Å². The molecule has 0 bridgehead atoms. The number of hydrogen-bond donors (Lipinski definition) is 2. The van der Waals surface area contributed by atoms with Gasteiger partial charge >= 0.3 is 0 Å². The van der Waals surface area contributed by atoms with Crippen LogP contribution in [0.5, 0.6) is 0 Å². The van der Waals surface area contributed by atoms with Gasteiger partial charge < -0.3 is 15.3 Å². The van der Waals surface area contributed by atoms with Crippen molar-refractivity contribution in [3.8, 4) is 0 Å². The van der Waals surface area contributed by atoms with Crippen molar-refractivity contribution in [2.45, 2.75) is 51.3 Å². The van der Waals surface area contributed by atoms with Crippen molar-refractivity contribution in [3.63, 3.8) is 0 Å². The summed E-state index contributed by atoms with van der Waals surface area (Å²) in [5, 5.41) is 15.0. The molecule has 2 N–H and O–H groups in total. The van der Waals surface area contributed by atoms with Gasteiger partial charge in [0.15, 0.2) is 0 Å². The van der Waals surface area contributed by atoms with E-state index in [4.69, 9.17) is 4.74 Å². The van der Waals surface area contributed by atoms with E-state index in [-0.39, 0.29) is 42.0 Å². The summed E-state index contributed by atoms with van der Waals surface area (Å²) in [6.07, 6.45) is 3.29. The van der Waals surface area contributed by atoms with E-state index in [2.05, 4.69) is 25.2 Å². The van der Waals surface area contributed by atoms with Crippen molar-refractivity contribution in [3.05, 3.63) is 11.6 Å². The molecule has 1 fully saturated rings. The Labute approximate surface area is 128 Å². The Morgan fingerprint density at radius 1 is 1.37 bits per heavy atom. The molecule has 0 amide bonds. The minimum atomic E-state index is -0.301. The molecule has 0 aromatic heterocycles. The van der Waals surface area contributed by atoms with Crippen LogP contribution in [-0.4, -0.2) is 47.1 Å². The second-order valence-corrected chi connectivity index (χ2v) is 6.10. The molecule has 2 rings (SSSR count). The highest BCUT2D eigenvalue weighted by Crippen LogP contribution is 2.40. The summed E-state index contributed by atoms with van der Waals surface area (Å²) in [5.41, 5.74) is 0.671. The van der Waals surface area contributed by atoms with Crippen LogP contribution >= 0.6 is 24.8 Å². The predicted octanol–water partition coefficient (Wildman–Crippen LogP) is 2.40. The Balaban J connectivity index is 0.00000162. The van der Waals surface area contributed by atoms with Crippen LogP contribution in [0.4, 0.5) is 0 Å². The van der Waals surface area contributed by atoms with Gasteiger partial charge in [0.2, 0.25) is 0 Å². The second-order valence-electron chi connectivity index (χ2n) is 6.10. The zero-order valence-electron chi connectivity index (χ0n) is 12.1. The van der Waals surface area contributed by atoms with Gasteiger partial charge in [-0.15, -0.1) is 24.8 Å². The van der Waals surface area contributed by atoms with E-state index >= 15 is 0 Å². The first-order valence-corrected chi connectivity index (χ1v) is 6.38. The lowest BCUT2D eigenvalue weighted by molar-refractivity contribution is -0.186. The lowest BCUT2D eigenvalue weighted by Gasteiger charge is -2.37. The van der Waals surface area contributed by atoms with E-state index < -0.39 is 0 Å². The minimum Gasteiger partial charge on any atom is -0.375 e. The van der Waals surface area contributed by atoms with Crippen molar-refractivity contribution in [1.29, 1.82) is 0 Å². The topological polar surface area (TPSA) is 44.7 Å². The molecule has 4 nitrogen and oxygen atoms in total. The summed E-state index contributed by atoms with van der Waals surface area (Å²) in [4.78, 5) is 0. The van der Waals surface area contributed by atoms with Crippen LogP contribution in [0.15, 0.2) is 11.6 Å². The maximum atomic E-state index is 10.2. The maximum Gasteiger partial charge on any atom is 0.0737 e. The average Bonchev–Trinajstić information content (AvgIpc) is 2.41. The van der Waals surface area contributed by atoms with Gasteiger partial charge in [-0.1, -0.05) is 6.08 Å². The van der Waals surface area contributed by atoms with E-state index in [1.807, 2.05) is 13.8 Å². The summed E-state index contributed by atoms with van der Waals surface area (Å²) in [5.74, 6) is 0. The molecule has 2 aliphatic heterocycles. The third kappa shape index (κ3) is 3.84. The van der Waals surface area contributed by atoms with Gasteiger partial charge in [0, 0.05) is 13.1 Å². The zero-order valence-corrected chi connectivity index (χ0v) is 13.7. The van der Waals surface area contributed by atoms with Crippen LogP contribution in [0.3, 0.4) is 0 Å². The summed E-state index contributed by atoms with van der Waals surface area (Å²) in [7, 11) is 0. The molecule has 0 aromatic rings. The molecule has 0 saturated carbocycles. The van der Waals surface area contributed by atoms with Crippen molar-refractivity contribution in [2.24, 2.45) is 0 Å². The molecule has 2 heterocycles. The minimum absolute atomic E-state index is 0. The molecule has 0 aliphatic carbocycles. The van der Waals surface area contributed by atoms with E-state index in [0.717, 1.165) is 26.1 Å². The number of nitrogens with one attached hydrogen (secondary N) is 1. The molecule has 1 atom stereocenters. The molecule has 114 valence electrons. The number of hydroxylamine groups is 2. The van der Waals surface area contributed by atoms with Crippen LogP contribution in [0.2, 0.25) is 0 Å². The van der Waals surface area contributed by atoms with Crippen LogP contribution in [0.25, 0.3) is 0 Å². The highest BCUT2D eigenvalue weighted by molar-refractivity contribution is 5.85. The Bertz CT molecular complexity index is 327. The number of morpholine rings is 1. The molecule has 1 unspecified atom stereocenters. The lowest BCUT2D eigenvalue weighted by Crippen LogP contribution is -2.48. The third-order valence-corrected chi connectivity index (χ3v) is 3.84. The second kappa shape index (κ2) is 6.74. The number of halogens is 2. The molecule has 0 radical (unpaired) electrons. The molecule has 2 aliphatic rings. The van der Waals surface area contributed by atoms with Crippen LogP contribution < -0.4 is 5.32 Å². The molecule has 0 aromatic carbocycles. The van der Waals surface area contributed by atoms with Gasteiger partial charge in [0.25, 0.3) is 0 Å². The van der Waals surface area contributed by atoms with Crippen LogP contribution in [0.1, 0.15) is 34.1 Å². The molecular weight excluding hydrogens is 287 g/mol. The summed E-state index contributed by atoms with van der Waals surface area (Å²) in [6.45, 7) is 10.8. The van der Waals surface area contributed by atoms with Crippen molar-refractivity contribution in [2.75, 3.05) is 19.7 Å². The number of ether oxygens (including phenoxy) is 1. The highest BCUT2D eigenvalue weighted by Gasteiger charge is 2.45. The Morgan fingerprint density at radius 3 is 2.42 bits per heavy atom. The van der Waals surface area contributed by atoms with Crippen molar-refractivity contribution >= 4 is 24.8 Å². The summed E-state index contributed by atoms with van der Waals surface area (Å²) < 4.78 is 5.73. The monoisotopic (exact) mass is 312 g/mol. The largest absolute Gasteiger partial charge is 0.375 e. The quantitative estimate of drug-likeness (QED) is 0.769. The van der Waals surface area contributed by atoms with Crippen molar-refractivity contribution < 1.29 is 9.94 Å². The van der Waals surface area contributed by atoms with Crippen LogP contribution in [-0.2, 0) is 4.74 Å². The maximum absolute atomic E-state index is 10.2. The molecule has 19 heavy (non-hydrogen) atoms. The fourth-order valence-corrected chi connectivity index (χ4v) is 2.83. The first kappa shape index (κ1) is 19.2. The normalized spacial score (nSPS) is 29.1. The van der Waals surface area contributed by atoms with Gasteiger partial charge in [-0.05, 0) is 39.7 Å². The molecule has 0 spiro atoms. The fraction of sp³-hybridized carbons (Fsp3) is 0.846. The first-order chi connectivity index (χ1) is 7.84. The van der Waals surface area contributed by atoms with Crippen molar-refractivity contribution in [1.82, 2.24) is 10.4 Å². The molecular formula is C13H26Cl2N2O2. The smallest absolute Gasteiger partial charge is 0.0737 e. The predicted molar refractivity (Wildman–Crippen MR) is 81.6 cm³/mol. The van der Waals surface area contributed by atoms with Gasteiger partial charge in [-0.25, -0.2) is 0 Å². The van der Waals surface area contributed by atoms with Gasteiger partial charge in [0.05, 0.1) is 23.8 Å². The Morgan fingerprint density at radius 2 is 2.00 bits per heavy atom. The molecule has 1 saturated heterocycles. The van der Waals surface area contributed by atoms with Gasteiger partial charge in [-0.3, -0.25) is 0 Å². The van der Waals surface area contributed by atoms with E-state index in [0.29, 0.717) is 0 Å². The zero-order chi connectivity index (χ0) is 12.7. The van der Waals surface area contributed by atoms with Gasteiger partial charge in [0.1, 0.15) is 0 Å². The summed E-state index contributed by atoms with van der Waals surface area (Å²) >= 11 is 0. The average molecular weight is 313 g/mol. The Hall–Kier alpha value is 0.160. The van der Waals surface area contributed by atoms with E-state index in [9.17, 15) is 5.21 Å². The lowest BCUT2D eigenvalue weighted by atomic mass is 9.91. The van der Waals surface area contributed by atoms with E-state index in [1.54, 1.807) is 0 Å². The fourth-order valence-electron chi connectivity index (χ4n) is 2.83. The van der Waals surface area contributed by atoms with Crippen LogP contribution in [0, 0.1) is 0 Å². The Kier molecular flexibility index (Phi) is 6.80. The highest BCUT2D eigenvalue weighted by atomic mass is 35.5. The SMILES string of the molecule is CC1(C)C=C(CC2CNCCO2)C(C)(C)N1O.Cl.Cl. The third-order valence-electron chi connectivity index (χ3n) is 3.84. The molecule has 6 heteroatoms. The standard InChI is InChI=1S/C13H24N2O2.2ClH/c1-12(2)8-10(13(3,4)15(12)16)7-11-9-14-5-6-17-11;;/h8,11,14,16H,5-7,9H2,1-4H3;2*1H. The first-order valence-electron chi connectivity index (χ1n) is 6.38. The van der Waals surface area contributed by atoms with Gasteiger partial charge in [-0.2, -0.15) is 5.06 Å². The number of hydrogen-bond acceptors (Lipinski definition) is 4. The number of rotatable bonds is 2. The summed E-state index contributed by atoms with van der Waals surface area (Å²) in [6, 6.07) is 0.